The Labute approximate surface area is 124 Å². The maximum Gasteiger partial charge on any atom is 0.137 e. The molecule has 0 bridgehead atoms. The van der Waals surface area contributed by atoms with Crippen LogP contribution >= 0.6 is 11.3 Å². The van der Waals surface area contributed by atoms with Crippen molar-refractivity contribution >= 4 is 27.2 Å². The fourth-order valence-corrected chi connectivity index (χ4v) is 3.56. The standard InChI is InChI=1S/C15H22N4S/c1-15(2,11-16)19-8-6-18(7-9-19)14-12-4-10-20-13(12)3-5-17-14/h3-5,10H,6-9,11,16H2,1-2H3. The van der Waals surface area contributed by atoms with Crippen LogP contribution in [0.4, 0.5) is 5.82 Å². The van der Waals surface area contributed by atoms with Gasteiger partial charge < -0.3 is 10.6 Å². The number of piperazine rings is 1. The number of hydrogen-bond acceptors (Lipinski definition) is 5. The second-order valence-electron chi connectivity index (χ2n) is 5.96. The number of pyridine rings is 1. The van der Waals surface area contributed by atoms with Gasteiger partial charge in [-0.15, -0.1) is 11.3 Å². The number of thiophene rings is 1. The molecule has 1 aliphatic rings. The summed E-state index contributed by atoms with van der Waals surface area (Å²) in [6.45, 7) is 9.28. The van der Waals surface area contributed by atoms with Crippen molar-refractivity contribution in [2.24, 2.45) is 5.73 Å². The van der Waals surface area contributed by atoms with Gasteiger partial charge in [0.2, 0.25) is 0 Å². The number of nitrogens with zero attached hydrogens (tertiary/aromatic N) is 3. The molecule has 3 rings (SSSR count). The molecule has 108 valence electrons. The molecule has 0 spiro atoms. The van der Waals surface area contributed by atoms with Crippen LogP contribution in [0.5, 0.6) is 0 Å². The Morgan fingerprint density at radius 1 is 1.25 bits per heavy atom. The summed E-state index contributed by atoms with van der Waals surface area (Å²) in [5, 5.41) is 3.42. The van der Waals surface area contributed by atoms with Crippen LogP contribution in [0.1, 0.15) is 13.8 Å². The van der Waals surface area contributed by atoms with E-state index in [1.54, 1.807) is 11.3 Å². The zero-order valence-corrected chi connectivity index (χ0v) is 13.0. The van der Waals surface area contributed by atoms with E-state index in [1.807, 2.05) is 6.20 Å². The summed E-state index contributed by atoms with van der Waals surface area (Å²) in [6.07, 6.45) is 1.92. The first-order valence-corrected chi connectivity index (χ1v) is 8.02. The van der Waals surface area contributed by atoms with Gasteiger partial charge in [-0.1, -0.05) is 0 Å². The number of rotatable bonds is 3. The van der Waals surface area contributed by atoms with Crippen molar-refractivity contribution in [1.82, 2.24) is 9.88 Å². The van der Waals surface area contributed by atoms with Crippen LogP contribution in [0.2, 0.25) is 0 Å². The minimum absolute atomic E-state index is 0.0912. The lowest BCUT2D eigenvalue weighted by atomic mass is 10.0. The van der Waals surface area contributed by atoms with Crippen molar-refractivity contribution in [1.29, 1.82) is 0 Å². The third kappa shape index (κ3) is 2.41. The molecule has 5 heteroatoms. The van der Waals surface area contributed by atoms with E-state index in [1.165, 1.54) is 10.1 Å². The smallest absolute Gasteiger partial charge is 0.137 e. The van der Waals surface area contributed by atoms with E-state index >= 15 is 0 Å². The van der Waals surface area contributed by atoms with E-state index in [2.05, 4.69) is 46.1 Å². The van der Waals surface area contributed by atoms with Gasteiger partial charge in [-0.3, -0.25) is 4.90 Å². The molecule has 0 aromatic carbocycles. The van der Waals surface area contributed by atoms with Crippen LogP contribution in [0, 0.1) is 0 Å². The first kappa shape index (κ1) is 13.8. The van der Waals surface area contributed by atoms with Crippen LogP contribution in [0.25, 0.3) is 10.1 Å². The lowest BCUT2D eigenvalue weighted by molar-refractivity contribution is 0.119. The van der Waals surface area contributed by atoms with Gasteiger partial charge in [-0.25, -0.2) is 4.98 Å². The zero-order chi connectivity index (χ0) is 14.2. The SMILES string of the molecule is CC(C)(CN)N1CCN(c2nccc3sccc23)CC1. The monoisotopic (exact) mass is 290 g/mol. The zero-order valence-electron chi connectivity index (χ0n) is 12.2. The highest BCUT2D eigenvalue weighted by Crippen LogP contribution is 2.29. The summed E-state index contributed by atoms with van der Waals surface area (Å²) in [4.78, 5) is 9.48. The normalized spacial score (nSPS) is 17.9. The fraction of sp³-hybridized carbons (Fsp3) is 0.533. The Morgan fingerprint density at radius 3 is 2.70 bits per heavy atom. The van der Waals surface area contributed by atoms with E-state index in [9.17, 15) is 0 Å². The Hall–Kier alpha value is -1.17. The van der Waals surface area contributed by atoms with Crippen molar-refractivity contribution in [2.75, 3.05) is 37.6 Å². The first-order chi connectivity index (χ1) is 9.62. The van der Waals surface area contributed by atoms with Crippen molar-refractivity contribution in [3.05, 3.63) is 23.7 Å². The highest BCUT2D eigenvalue weighted by Gasteiger charge is 2.29. The first-order valence-electron chi connectivity index (χ1n) is 7.14. The van der Waals surface area contributed by atoms with Gasteiger partial charge in [0, 0.05) is 54.5 Å². The number of anilines is 1. The predicted octanol–water partition coefficient (Wildman–Crippen LogP) is 2.16. The van der Waals surface area contributed by atoms with E-state index in [-0.39, 0.29) is 5.54 Å². The van der Waals surface area contributed by atoms with Crippen molar-refractivity contribution in [2.45, 2.75) is 19.4 Å². The minimum atomic E-state index is 0.0912. The highest BCUT2D eigenvalue weighted by atomic mass is 32.1. The topological polar surface area (TPSA) is 45.4 Å². The third-order valence-electron chi connectivity index (χ3n) is 4.29. The molecule has 4 nitrogen and oxygen atoms in total. The van der Waals surface area contributed by atoms with Gasteiger partial charge in [0.1, 0.15) is 5.82 Å². The number of hydrogen-bond donors (Lipinski definition) is 1. The van der Waals surface area contributed by atoms with Gasteiger partial charge in [0.25, 0.3) is 0 Å². The van der Waals surface area contributed by atoms with Crippen LogP contribution in [-0.2, 0) is 0 Å². The largest absolute Gasteiger partial charge is 0.354 e. The fourth-order valence-electron chi connectivity index (χ4n) is 2.78. The summed E-state index contributed by atoms with van der Waals surface area (Å²) in [5.41, 5.74) is 5.97. The van der Waals surface area contributed by atoms with Crippen LogP contribution in [-0.4, -0.2) is 48.1 Å². The van der Waals surface area contributed by atoms with Crippen molar-refractivity contribution < 1.29 is 0 Å². The summed E-state index contributed by atoms with van der Waals surface area (Å²) in [5.74, 6) is 1.13. The molecule has 1 saturated heterocycles. The van der Waals surface area contributed by atoms with Gasteiger partial charge in [-0.2, -0.15) is 0 Å². The minimum Gasteiger partial charge on any atom is -0.354 e. The molecule has 1 aliphatic heterocycles. The average Bonchev–Trinajstić information content (AvgIpc) is 2.95. The van der Waals surface area contributed by atoms with Crippen molar-refractivity contribution in [3.8, 4) is 0 Å². The molecule has 0 unspecified atom stereocenters. The number of nitrogens with two attached hydrogens (primary N) is 1. The number of aromatic nitrogens is 1. The van der Waals surface area contributed by atoms with Crippen LogP contribution in [0.3, 0.4) is 0 Å². The molecular formula is C15H22N4S. The third-order valence-corrected chi connectivity index (χ3v) is 5.18. The molecule has 2 aromatic rings. The molecule has 20 heavy (non-hydrogen) atoms. The van der Waals surface area contributed by atoms with E-state index in [0.29, 0.717) is 6.54 Å². The molecule has 2 aromatic heterocycles. The molecular weight excluding hydrogens is 268 g/mol. The Morgan fingerprint density at radius 2 is 2.00 bits per heavy atom. The lowest BCUT2D eigenvalue weighted by Crippen LogP contribution is -2.57. The molecule has 0 saturated carbocycles. The highest BCUT2D eigenvalue weighted by molar-refractivity contribution is 7.17. The molecule has 0 amide bonds. The molecule has 0 radical (unpaired) electrons. The van der Waals surface area contributed by atoms with E-state index in [0.717, 1.165) is 32.0 Å². The van der Waals surface area contributed by atoms with E-state index in [4.69, 9.17) is 5.73 Å². The van der Waals surface area contributed by atoms with Crippen LogP contribution < -0.4 is 10.6 Å². The molecule has 3 heterocycles. The van der Waals surface area contributed by atoms with Crippen molar-refractivity contribution in [3.63, 3.8) is 0 Å². The maximum atomic E-state index is 5.88. The Bertz CT molecular complexity index is 584. The summed E-state index contributed by atoms with van der Waals surface area (Å²) < 4.78 is 1.32. The second kappa shape index (κ2) is 5.31. The summed E-state index contributed by atoms with van der Waals surface area (Å²) in [6, 6.07) is 4.27. The second-order valence-corrected chi connectivity index (χ2v) is 6.91. The maximum absolute atomic E-state index is 5.88. The number of fused-ring (bicyclic) bond motifs is 1. The molecule has 0 aliphatic carbocycles. The van der Waals surface area contributed by atoms with Gasteiger partial charge in [-0.05, 0) is 31.4 Å². The summed E-state index contributed by atoms with van der Waals surface area (Å²) in [7, 11) is 0. The van der Waals surface area contributed by atoms with Gasteiger partial charge in [0.15, 0.2) is 0 Å². The van der Waals surface area contributed by atoms with Gasteiger partial charge >= 0.3 is 0 Å². The average molecular weight is 290 g/mol. The quantitative estimate of drug-likeness (QED) is 0.941. The molecule has 0 atom stereocenters. The molecule has 2 N–H and O–H groups in total. The van der Waals surface area contributed by atoms with E-state index < -0.39 is 0 Å². The van der Waals surface area contributed by atoms with Crippen LogP contribution in [0.15, 0.2) is 23.7 Å². The molecule has 1 fully saturated rings. The van der Waals surface area contributed by atoms with Gasteiger partial charge in [0.05, 0.1) is 0 Å². The predicted molar refractivity (Wildman–Crippen MR) is 86.5 cm³/mol. The summed E-state index contributed by atoms with van der Waals surface area (Å²) >= 11 is 1.78. The Balaban J connectivity index is 1.77. The lowest BCUT2D eigenvalue weighted by Gasteiger charge is -2.44. The Kier molecular flexibility index (Phi) is 3.67.